The molecule has 0 saturated carbocycles. The van der Waals surface area contributed by atoms with Crippen molar-refractivity contribution in [3.8, 4) is 0 Å². The fraction of sp³-hybridized carbons (Fsp3) is 0.222. The molecule has 0 radical (unpaired) electrons. The zero-order chi connectivity index (χ0) is 10.3. The highest BCUT2D eigenvalue weighted by Crippen LogP contribution is 2.27. The second-order valence-corrected chi connectivity index (χ2v) is 3.09. The molecule has 0 aliphatic carbocycles. The average molecular weight is 197 g/mol. The molecule has 0 unspecified atom stereocenters. The maximum atomic E-state index is 12.5. The van der Waals surface area contributed by atoms with E-state index < -0.39 is 6.43 Å². The van der Waals surface area contributed by atoms with Gasteiger partial charge in [0, 0.05) is 18.1 Å². The van der Waals surface area contributed by atoms with E-state index in [4.69, 9.17) is 5.73 Å². The van der Waals surface area contributed by atoms with Gasteiger partial charge in [-0.3, -0.25) is 4.68 Å². The molecule has 5 heteroatoms. The first-order chi connectivity index (χ1) is 6.59. The summed E-state index contributed by atoms with van der Waals surface area (Å²) >= 11 is 0. The van der Waals surface area contributed by atoms with E-state index in [-0.39, 0.29) is 5.69 Å². The summed E-state index contributed by atoms with van der Waals surface area (Å²) in [5.41, 5.74) is 6.43. The molecule has 2 N–H and O–H groups in total. The van der Waals surface area contributed by atoms with E-state index in [9.17, 15) is 8.78 Å². The van der Waals surface area contributed by atoms with Crippen LogP contribution in [0.4, 0.5) is 14.5 Å². The molecule has 0 aliphatic rings. The Bertz CT molecular complexity index is 476. The van der Waals surface area contributed by atoms with Crippen molar-refractivity contribution in [1.29, 1.82) is 0 Å². The van der Waals surface area contributed by atoms with Crippen molar-refractivity contribution in [3.05, 3.63) is 23.9 Å². The van der Waals surface area contributed by atoms with E-state index in [0.717, 1.165) is 0 Å². The fourth-order valence-corrected chi connectivity index (χ4v) is 1.47. The highest BCUT2D eigenvalue weighted by molar-refractivity contribution is 5.85. The molecule has 0 spiro atoms. The van der Waals surface area contributed by atoms with Gasteiger partial charge in [0.25, 0.3) is 6.43 Å². The minimum absolute atomic E-state index is 0.213. The molecule has 14 heavy (non-hydrogen) atoms. The molecular formula is C9H9F2N3. The molecule has 0 aliphatic heterocycles. The van der Waals surface area contributed by atoms with Gasteiger partial charge in [-0.15, -0.1) is 0 Å². The van der Waals surface area contributed by atoms with Gasteiger partial charge in [0.05, 0.1) is 5.52 Å². The Kier molecular flexibility index (Phi) is 1.87. The zero-order valence-corrected chi connectivity index (χ0v) is 7.54. The van der Waals surface area contributed by atoms with E-state index >= 15 is 0 Å². The summed E-state index contributed by atoms with van der Waals surface area (Å²) in [4.78, 5) is 0. The van der Waals surface area contributed by atoms with Crippen molar-refractivity contribution in [2.45, 2.75) is 6.43 Å². The van der Waals surface area contributed by atoms with Crippen molar-refractivity contribution in [2.75, 3.05) is 5.73 Å². The minimum atomic E-state index is -2.57. The summed E-state index contributed by atoms with van der Waals surface area (Å²) < 4.78 is 26.5. The number of anilines is 1. The van der Waals surface area contributed by atoms with Crippen LogP contribution in [0.5, 0.6) is 0 Å². The zero-order valence-electron chi connectivity index (χ0n) is 7.54. The molecule has 2 aromatic rings. The van der Waals surface area contributed by atoms with E-state index in [0.29, 0.717) is 16.6 Å². The third kappa shape index (κ3) is 1.21. The summed E-state index contributed by atoms with van der Waals surface area (Å²) in [5.74, 6) is 0. The number of alkyl halides is 2. The van der Waals surface area contributed by atoms with Gasteiger partial charge < -0.3 is 5.73 Å². The van der Waals surface area contributed by atoms with Crippen LogP contribution in [0.1, 0.15) is 12.1 Å². The van der Waals surface area contributed by atoms with Gasteiger partial charge in [0.2, 0.25) is 0 Å². The quantitative estimate of drug-likeness (QED) is 0.711. The van der Waals surface area contributed by atoms with Crippen LogP contribution >= 0.6 is 0 Å². The van der Waals surface area contributed by atoms with E-state index in [1.165, 1.54) is 10.7 Å². The maximum Gasteiger partial charge on any atom is 0.282 e. The largest absolute Gasteiger partial charge is 0.399 e. The van der Waals surface area contributed by atoms with Crippen LogP contribution in [0.25, 0.3) is 10.9 Å². The lowest BCUT2D eigenvalue weighted by molar-refractivity contribution is 0.147. The summed E-state index contributed by atoms with van der Waals surface area (Å²) in [6.07, 6.45) is -2.57. The van der Waals surface area contributed by atoms with Crippen LogP contribution in [0, 0.1) is 0 Å². The highest BCUT2D eigenvalue weighted by Gasteiger charge is 2.16. The fourth-order valence-electron chi connectivity index (χ4n) is 1.47. The lowest BCUT2D eigenvalue weighted by Crippen LogP contribution is -1.91. The van der Waals surface area contributed by atoms with E-state index in [1.807, 2.05) is 0 Å². The molecule has 1 aromatic carbocycles. The number of benzene rings is 1. The van der Waals surface area contributed by atoms with Crippen LogP contribution in [0.15, 0.2) is 18.2 Å². The molecule has 0 bridgehead atoms. The number of hydrogen-bond donors (Lipinski definition) is 1. The molecule has 0 saturated heterocycles. The Hall–Kier alpha value is -1.65. The number of aromatic nitrogens is 2. The number of aryl methyl sites for hydroxylation is 1. The molecule has 1 heterocycles. The van der Waals surface area contributed by atoms with Gasteiger partial charge >= 0.3 is 0 Å². The number of fused-ring (bicyclic) bond motifs is 1. The molecule has 1 aromatic heterocycles. The molecule has 3 nitrogen and oxygen atoms in total. The van der Waals surface area contributed by atoms with Gasteiger partial charge in [-0.05, 0) is 18.2 Å². The van der Waals surface area contributed by atoms with Crippen LogP contribution in [-0.2, 0) is 7.05 Å². The molecule has 0 atom stereocenters. The van der Waals surface area contributed by atoms with Crippen LogP contribution < -0.4 is 5.73 Å². The third-order valence-electron chi connectivity index (χ3n) is 2.11. The Morgan fingerprint density at radius 2 is 2.14 bits per heavy atom. The van der Waals surface area contributed by atoms with E-state index in [1.54, 1.807) is 19.2 Å². The molecule has 74 valence electrons. The number of halogens is 2. The van der Waals surface area contributed by atoms with Crippen LogP contribution in [-0.4, -0.2) is 9.78 Å². The monoisotopic (exact) mass is 197 g/mol. The first-order valence-corrected chi connectivity index (χ1v) is 4.10. The Labute approximate surface area is 79.1 Å². The van der Waals surface area contributed by atoms with Crippen LogP contribution in [0.2, 0.25) is 0 Å². The standard InChI is InChI=1S/C9H9F2N3/c1-14-7-3-2-5(12)4-6(7)8(13-14)9(10)11/h2-4,9H,12H2,1H3. The first kappa shape index (κ1) is 8.93. The average Bonchev–Trinajstić information content (AvgIpc) is 2.43. The molecular weight excluding hydrogens is 188 g/mol. The minimum Gasteiger partial charge on any atom is -0.399 e. The molecule has 0 amide bonds. The number of nitrogens with two attached hydrogens (primary N) is 1. The maximum absolute atomic E-state index is 12.5. The topological polar surface area (TPSA) is 43.8 Å². The predicted molar refractivity (Wildman–Crippen MR) is 50.1 cm³/mol. The van der Waals surface area contributed by atoms with Gasteiger partial charge in [-0.2, -0.15) is 5.10 Å². The first-order valence-electron chi connectivity index (χ1n) is 4.10. The van der Waals surface area contributed by atoms with Crippen molar-refractivity contribution >= 4 is 16.6 Å². The molecule has 0 fully saturated rings. The van der Waals surface area contributed by atoms with E-state index in [2.05, 4.69) is 5.10 Å². The molecule has 2 rings (SSSR count). The lowest BCUT2D eigenvalue weighted by atomic mass is 10.2. The summed E-state index contributed by atoms with van der Waals surface area (Å²) in [5, 5.41) is 4.16. The Balaban J connectivity index is 2.79. The van der Waals surface area contributed by atoms with Crippen molar-refractivity contribution in [3.63, 3.8) is 0 Å². The lowest BCUT2D eigenvalue weighted by Gasteiger charge is -1.96. The van der Waals surface area contributed by atoms with Crippen molar-refractivity contribution in [1.82, 2.24) is 9.78 Å². The Morgan fingerprint density at radius 3 is 2.79 bits per heavy atom. The second-order valence-electron chi connectivity index (χ2n) is 3.09. The summed E-state index contributed by atoms with van der Waals surface area (Å²) in [6, 6.07) is 4.87. The smallest absolute Gasteiger partial charge is 0.282 e. The normalized spacial score (nSPS) is 11.4. The SMILES string of the molecule is Cn1nc(C(F)F)c2cc(N)ccc21. The van der Waals surface area contributed by atoms with Gasteiger partial charge in [0.1, 0.15) is 5.69 Å². The number of nitrogen functional groups attached to an aromatic ring is 1. The summed E-state index contributed by atoms with van der Waals surface area (Å²) in [6.45, 7) is 0. The van der Waals surface area contributed by atoms with Crippen molar-refractivity contribution in [2.24, 2.45) is 7.05 Å². The van der Waals surface area contributed by atoms with Gasteiger partial charge in [-0.1, -0.05) is 0 Å². The highest BCUT2D eigenvalue weighted by atomic mass is 19.3. The van der Waals surface area contributed by atoms with Gasteiger partial charge in [-0.25, -0.2) is 8.78 Å². The Morgan fingerprint density at radius 1 is 1.43 bits per heavy atom. The number of nitrogens with zero attached hydrogens (tertiary/aromatic N) is 2. The second kappa shape index (κ2) is 2.94. The third-order valence-corrected chi connectivity index (χ3v) is 2.11. The summed E-state index contributed by atoms with van der Waals surface area (Å²) in [7, 11) is 1.63. The van der Waals surface area contributed by atoms with Gasteiger partial charge in [0.15, 0.2) is 0 Å². The number of hydrogen-bond acceptors (Lipinski definition) is 2. The van der Waals surface area contributed by atoms with Crippen LogP contribution in [0.3, 0.4) is 0 Å². The van der Waals surface area contributed by atoms with Crippen molar-refractivity contribution < 1.29 is 8.78 Å². The number of rotatable bonds is 1. The predicted octanol–water partition coefficient (Wildman–Crippen LogP) is 2.09.